The third-order valence-electron chi connectivity index (χ3n) is 2.67. The van der Waals surface area contributed by atoms with Crippen LogP contribution in [0.25, 0.3) is 0 Å². The summed E-state index contributed by atoms with van der Waals surface area (Å²) in [5.74, 6) is -1.05. The van der Waals surface area contributed by atoms with Gasteiger partial charge in [0.2, 0.25) is 0 Å². The number of nitrogens with one attached hydrogen (secondary N) is 1. The third-order valence-corrected chi connectivity index (χ3v) is 2.67. The molecule has 90 valence electrons. The zero-order chi connectivity index (χ0) is 12.1. The molecule has 1 N–H and O–H groups in total. The van der Waals surface area contributed by atoms with Crippen LogP contribution in [0.15, 0.2) is 18.2 Å². The first kappa shape index (κ1) is 13.1. The van der Waals surface area contributed by atoms with Crippen LogP contribution in [0.3, 0.4) is 0 Å². The smallest absolute Gasteiger partial charge is 0.130 e. The fourth-order valence-electron chi connectivity index (χ4n) is 1.65. The fourth-order valence-corrected chi connectivity index (χ4v) is 1.65. The average molecular weight is 229 g/mol. The monoisotopic (exact) mass is 229 g/mol. The molecule has 0 heterocycles. The van der Waals surface area contributed by atoms with E-state index in [0.29, 0.717) is 6.42 Å². The maximum absolute atomic E-state index is 13.5. The second-order valence-electron chi connectivity index (χ2n) is 3.76. The lowest BCUT2D eigenvalue weighted by Gasteiger charge is -2.21. The van der Waals surface area contributed by atoms with Crippen LogP contribution in [0.1, 0.15) is 24.9 Å². The highest BCUT2D eigenvalue weighted by Gasteiger charge is 2.20. The lowest BCUT2D eigenvalue weighted by Crippen LogP contribution is -2.24. The van der Waals surface area contributed by atoms with E-state index in [0.717, 1.165) is 0 Å². The molecule has 2 unspecified atom stereocenters. The Morgan fingerprint density at radius 1 is 1.31 bits per heavy atom. The van der Waals surface area contributed by atoms with Gasteiger partial charge in [-0.15, -0.1) is 0 Å². The van der Waals surface area contributed by atoms with Crippen LogP contribution in [-0.4, -0.2) is 20.3 Å². The summed E-state index contributed by atoms with van der Waals surface area (Å²) >= 11 is 0. The highest BCUT2D eigenvalue weighted by Crippen LogP contribution is 2.24. The van der Waals surface area contributed by atoms with E-state index < -0.39 is 11.6 Å². The summed E-state index contributed by atoms with van der Waals surface area (Å²) < 4.78 is 32.1. The number of benzene rings is 1. The average Bonchev–Trinajstić information content (AvgIpc) is 2.27. The van der Waals surface area contributed by atoms with Crippen LogP contribution >= 0.6 is 0 Å². The lowest BCUT2D eigenvalue weighted by molar-refractivity contribution is 0.100. The zero-order valence-corrected chi connectivity index (χ0v) is 9.76. The number of rotatable bonds is 5. The number of hydrogen-bond donors (Lipinski definition) is 1. The molecule has 0 aliphatic rings. The van der Waals surface area contributed by atoms with Crippen molar-refractivity contribution in [1.82, 2.24) is 5.32 Å². The van der Waals surface area contributed by atoms with Gasteiger partial charge in [-0.2, -0.15) is 0 Å². The molecule has 0 aromatic heterocycles. The molecule has 0 aliphatic heterocycles. The lowest BCUT2D eigenvalue weighted by atomic mass is 10.00. The quantitative estimate of drug-likeness (QED) is 0.838. The van der Waals surface area contributed by atoms with Gasteiger partial charge in [-0.05, 0) is 32.5 Å². The van der Waals surface area contributed by atoms with Crippen molar-refractivity contribution >= 4 is 0 Å². The van der Waals surface area contributed by atoms with Crippen LogP contribution in [-0.2, 0) is 4.74 Å². The molecule has 0 bridgehead atoms. The minimum absolute atomic E-state index is 0.0588. The summed E-state index contributed by atoms with van der Waals surface area (Å²) in [6.07, 6.45) is 0.460. The number of halogens is 2. The van der Waals surface area contributed by atoms with Gasteiger partial charge in [0.05, 0.1) is 6.10 Å². The molecule has 2 nitrogen and oxygen atoms in total. The second kappa shape index (κ2) is 5.92. The van der Waals surface area contributed by atoms with Crippen LogP contribution in [0, 0.1) is 11.6 Å². The third kappa shape index (κ3) is 3.00. The number of hydrogen-bond acceptors (Lipinski definition) is 2. The van der Waals surface area contributed by atoms with Crippen LogP contribution in [0.4, 0.5) is 8.78 Å². The second-order valence-corrected chi connectivity index (χ2v) is 3.76. The molecular weight excluding hydrogens is 212 g/mol. The molecule has 2 atom stereocenters. The van der Waals surface area contributed by atoms with E-state index >= 15 is 0 Å². The highest BCUT2D eigenvalue weighted by atomic mass is 19.1. The Balaban J connectivity index is 2.94. The van der Waals surface area contributed by atoms with Crippen LogP contribution < -0.4 is 5.32 Å². The van der Waals surface area contributed by atoms with Gasteiger partial charge >= 0.3 is 0 Å². The minimum atomic E-state index is -0.525. The van der Waals surface area contributed by atoms with E-state index in [4.69, 9.17) is 4.74 Å². The summed E-state index contributed by atoms with van der Waals surface area (Å²) in [6, 6.07) is 3.51. The summed E-state index contributed by atoms with van der Waals surface area (Å²) in [4.78, 5) is 0. The highest BCUT2D eigenvalue weighted by molar-refractivity contribution is 5.23. The van der Waals surface area contributed by atoms with Crippen LogP contribution in [0.5, 0.6) is 0 Å². The normalized spacial score (nSPS) is 14.8. The summed E-state index contributed by atoms with van der Waals surface area (Å²) in [7, 11) is 3.26. The molecule has 0 saturated carbocycles. The Labute approximate surface area is 94.6 Å². The molecule has 0 radical (unpaired) electrons. The fraction of sp³-hybridized carbons (Fsp3) is 0.500. The van der Waals surface area contributed by atoms with Crippen molar-refractivity contribution in [2.45, 2.75) is 25.5 Å². The van der Waals surface area contributed by atoms with Gasteiger partial charge in [-0.25, -0.2) is 8.78 Å². The Hall–Kier alpha value is -1.00. The largest absolute Gasteiger partial charge is 0.382 e. The molecule has 16 heavy (non-hydrogen) atoms. The Kier molecular flexibility index (Phi) is 4.83. The van der Waals surface area contributed by atoms with Crippen molar-refractivity contribution in [2.75, 3.05) is 14.2 Å². The first-order valence-corrected chi connectivity index (χ1v) is 5.24. The summed E-state index contributed by atoms with van der Waals surface area (Å²) in [5.41, 5.74) is 0.0777. The van der Waals surface area contributed by atoms with Crippen molar-refractivity contribution in [2.24, 2.45) is 0 Å². The standard InChI is InChI=1S/C12H17F2NO/c1-8(16-3)7-11(15-2)12-9(13)5-4-6-10(12)14/h4-6,8,11,15H,7H2,1-3H3. The van der Waals surface area contributed by atoms with E-state index in [1.165, 1.54) is 18.2 Å². The molecule has 1 rings (SSSR count). The molecule has 0 fully saturated rings. The van der Waals surface area contributed by atoms with Gasteiger partial charge in [0.1, 0.15) is 11.6 Å². The van der Waals surface area contributed by atoms with Crippen LogP contribution in [0.2, 0.25) is 0 Å². The predicted molar refractivity (Wildman–Crippen MR) is 59.2 cm³/mol. The van der Waals surface area contributed by atoms with Gasteiger partial charge in [0.25, 0.3) is 0 Å². The van der Waals surface area contributed by atoms with E-state index in [-0.39, 0.29) is 17.7 Å². The van der Waals surface area contributed by atoms with Crippen molar-refractivity contribution in [3.63, 3.8) is 0 Å². The van der Waals surface area contributed by atoms with E-state index in [9.17, 15) is 8.78 Å². The van der Waals surface area contributed by atoms with Gasteiger partial charge < -0.3 is 10.1 Å². The topological polar surface area (TPSA) is 21.3 Å². The molecule has 1 aromatic carbocycles. The van der Waals surface area contributed by atoms with E-state index in [2.05, 4.69) is 5.32 Å². The number of methoxy groups -OCH3 is 1. The Morgan fingerprint density at radius 3 is 2.31 bits per heavy atom. The molecular formula is C12H17F2NO. The first-order chi connectivity index (χ1) is 7.60. The SMILES string of the molecule is CNC(CC(C)OC)c1c(F)cccc1F. The van der Waals surface area contributed by atoms with E-state index in [1.54, 1.807) is 14.2 Å². The number of ether oxygens (including phenoxy) is 1. The molecule has 0 amide bonds. The van der Waals surface area contributed by atoms with Crippen molar-refractivity contribution in [1.29, 1.82) is 0 Å². The van der Waals surface area contributed by atoms with Crippen molar-refractivity contribution in [3.05, 3.63) is 35.4 Å². The van der Waals surface area contributed by atoms with E-state index in [1.807, 2.05) is 6.92 Å². The zero-order valence-electron chi connectivity index (χ0n) is 9.76. The Morgan fingerprint density at radius 2 is 1.88 bits per heavy atom. The molecule has 0 spiro atoms. The van der Waals surface area contributed by atoms with Crippen molar-refractivity contribution in [3.8, 4) is 0 Å². The summed E-state index contributed by atoms with van der Waals surface area (Å²) in [5, 5.41) is 2.91. The van der Waals surface area contributed by atoms with Gasteiger partial charge in [0, 0.05) is 18.7 Å². The first-order valence-electron chi connectivity index (χ1n) is 5.24. The Bertz CT molecular complexity index is 324. The minimum Gasteiger partial charge on any atom is -0.382 e. The van der Waals surface area contributed by atoms with Gasteiger partial charge in [0.15, 0.2) is 0 Å². The van der Waals surface area contributed by atoms with Gasteiger partial charge in [-0.3, -0.25) is 0 Å². The molecule has 0 saturated heterocycles. The van der Waals surface area contributed by atoms with Gasteiger partial charge in [-0.1, -0.05) is 6.07 Å². The maximum atomic E-state index is 13.5. The van der Waals surface area contributed by atoms with Crippen molar-refractivity contribution < 1.29 is 13.5 Å². The summed E-state index contributed by atoms with van der Waals surface area (Å²) in [6.45, 7) is 1.86. The molecule has 4 heteroatoms. The predicted octanol–water partition coefficient (Wildman–Crippen LogP) is 2.65. The molecule has 0 aliphatic carbocycles. The maximum Gasteiger partial charge on any atom is 0.130 e. The molecule has 1 aromatic rings.